The summed E-state index contributed by atoms with van der Waals surface area (Å²) in [5.74, 6) is 0. The molecular weight excluding hydrogens is 144 g/mol. The van der Waals surface area contributed by atoms with Crippen molar-refractivity contribution in [2.45, 2.75) is 13.8 Å². The standard InChI is InChI=1S/C12H16/c1-5-8-10-12(9-6-2)11(4)7-3/h5-10H,3-4H2,1-2H3/b8-5-,9-6-,12-10-. The zero-order valence-electron chi connectivity index (χ0n) is 7.88. The first-order chi connectivity index (χ1) is 5.76. The van der Waals surface area contributed by atoms with E-state index in [1.807, 2.05) is 44.2 Å². The maximum Gasteiger partial charge on any atom is -0.0194 e. The fourth-order valence-corrected chi connectivity index (χ4v) is 0.767. The molecule has 0 saturated heterocycles. The molecule has 0 rings (SSSR count). The van der Waals surface area contributed by atoms with Crippen molar-refractivity contribution < 1.29 is 0 Å². The van der Waals surface area contributed by atoms with Crippen LogP contribution in [0.3, 0.4) is 0 Å². The molecule has 0 aromatic rings. The van der Waals surface area contributed by atoms with Crippen molar-refractivity contribution in [3.05, 3.63) is 60.8 Å². The topological polar surface area (TPSA) is 0 Å². The van der Waals surface area contributed by atoms with E-state index in [1.54, 1.807) is 6.08 Å². The Morgan fingerprint density at radius 1 is 1.17 bits per heavy atom. The third-order valence-electron chi connectivity index (χ3n) is 1.43. The molecule has 0 fully saturated rings. The normalized spacial score (nSPS) is 12.7. The molecule has 0 atom stereocenters. The lowest BCUT2D eigenvalue weighted by atomic mass is 10.1. The third kappa shape index (κ3) is 3.77. The summed E-state index contributed by atoms with van der Waals surface area (Å²) >= 11 is 0. The number of rotatable bonds is 4. The Morgan fingerprint density at radius 2 is 1.83 bits per heavy atom. The third-order valence-corrected chi connectivity index (χ3v) is 1.43. The first kappa shape index (κ1) is 10.7. The van der Waals surface area contributed by atoms with Crippen molar-refractivity contribution >= 4 is 0 Å². The number of allylic oxidation sites excluding steroid dienone is 8. The molecule has 64 valence electrons. The average Bonchev–Trinajstić information content (AvgIpc) is 2.11. The molecule has 0 saturated carbocycles. The first-order valence-electron chi connectivity index (χ1n) is 4.03. The largest absolute Gasteiger partial charge is 0.0985 e. The summed E-state index contributed by atoms with van der Waals surface area (Å²) in [5.41, 5.74) is 2.05. The number of hydrogen-bond donors (Lipinski definition) is 0. The lowest BCUT2D eigenvalue weighted by Gasteiger charge is -1.98. The summed E-state index contributed by atoms with van der Waals surface area (Å²) < 4.78 is 0. The van der Waals surface area contributed by atoms with Gasteiger partial charge in [-0.05, 0) is 25.0 Å². The quantitative estimate of drug-likeness (QED) is 0.549. The Balaban J connectivity index is 4.64. The first-order valence-corrected chi connectivity index (χ1v) is 4.03. The van der Waals surface area contributed by atoms with Crippen LogP contribution in [0, 0.1) is 0 Å². The predicted octanol–water partition coefficient (Wildman–Crippen LogP) is 3.81. The minimum Gasteiger partial charge on any atom is -0.0985 e. The van der Waals surface area contributed by atoms with Crippen LogP contribution in [0.2, 0.25) is 0 Å². The minimum absolute atomic E-state index is 0.950. The molecule has 0 aliphatic heterocycles. The summed E-state index contributed by atoms with van der Waals surface area (Å²) in [5, 5.41) is 0. The van der Waals surface area contributed by atoms with Crippen LogP contribution in [0.1, 0.15) is 13.8 Å². The lowest BCUT2D eigenvalue weighted by Crippen LogP contribution is -1.78. The molecule has 12 heavy (non-hydrogen) atoms. The molecule has 0 unspecified atom stereocenters. The smallest absolute Gasteiger partial charge is 0.0194 e. The van der Waals surface area contributed by atoms with Gasteiger partial charge in [-0.3, -0.25) is 0 Å². The van der Waals surface area contributed by atoms with E-state index in [-0.39, 0.29) is 0 Å². The van der Waals surface area contributed by atoms with Crippen molar-refractivity contribution in [2.24, 2.45) is 0 Å². The van der Waals surface area contributed by atoms with Gasteiger partial charge in [-0.2, -0.15) is 0 Å². The maximum absolute atomic E-state index is 3.87. The van der Waals surface area contributed by atoms with Crippen LogP contribution in [0.4, 0.5) is 0 Å². The molecule has 0 amide bonds. The van der Waals surface area contributed by atoms with Gasteiger partial charge in [-0.1, -0.05) is 49.6 Å². The van der Waals surface area contributed by atoms with Gasteiger partial charge in [0.1, 0.15) is 0 Å². The highest BCUT2D eigenvalue weighted by atomic mass is 14.0. The summed E-state index contributed by atoms with van der Waals surface area (Å²) in [6.07, 6.45) is 11.8. The van der Waals surface area contributed by atoms with Crippen LogP contribution in [0.15, 0.2) is 60.8 Å². The second-order valence-corrected chi connectivity index (χ2v) is 2.38. The van der Waals surface area contributed by atoms with E-state index in [4.69, 9.17) is 0 Å². The Hall–Kier alpha value is -1.30. The predicted molar refractivity (Wildman–Crippen MR) is 57.0 cm³/mol. The summed E-state index contributed by atoms with van der Waals surface area (Å²) in [6.45, 7) is 11.5. The molecule has 0 nitrogen and oxygen atoms in total. The van der Waals surface area contributed by atoms with E-state index < -0.39 is 0 Å². The summed E-state index contributed by atoms with van der Waals surface area (Å²) in [7, 11) is 0. The van der Waals surface area contributed by atoms with Crippen molar-refractivity contribution in [2.75, 3.05) is 0 Å². The second kappa shape index (κ2) is 6.41. The molecule has 0 aliphatic carbocycles. The molecule has 0 aliphatic rings. The highest BCUT2D eigenvalue weighted by Gasteiger charge is 1.90. The van der Waals surface area contributed by atoms with Gasteiger partial charge >= 0.3 is 0 Å². The van der Waals surface area contributed by atoms with Gasteiger partial charge in [0.2, 0.25) is 0 Å². The minimum atomic E-state index is 0.950. The molecule has 0 spiro atoms. The molecule has 0 radical (unpaired) electrons. The van der Waals surface area contributed by atoms with Gasteiger partial charge in [0.05, 0.1) is 0 Å². The van der Waals surface area contributed by atoms with Gasteiger partial charge in [-0.15, -0.1) is 0 Å². The van der Waals surface area contributed by atoms with Crippen molar-refractivity contribution in [1.29, 1.82) is 0 Å². The Kier molecular flexibility index (Phi) is 5.72. The molecule has 0 N–H and O–H groups in total. The van der Waals surface area contributed by atoms with Crippen LogP contribution in [-0.4, -0.2) is 0 Å². The highest BCUT2D eigenvalue weighted by molar-refractivity contribution is 5.45. The molecule has 0 bridgehead atoms. The van der Waals surface area contributed by atoms with E-state index in [9.17, 15) is 0 Å². The van der Waals surface area contributed by atoms with E-state index in [0.29, 0.717) is 0 Å². The molecule has 0 heteroatoms. The second-order valence-electron chi connectivity index (χ2n) is 2.38. The maximum atomic E-state index is 3.87. The summed E-state index contributed by atoms with van der Waals surface area (Å²) in [6, 6.07) is 0. The van der Waals surface area contributed by atoms with Crippen molar-refractivity contribution in [3.8, 4) is 0 Å². The van der Waals surface area contributed by atoms with E-state index in [0.717, 1.165) is 11.1 Å². The molecular formula is C12H16. The lowest BCUT2D eigenvalue weighted by molar-refractivity contribution is 1.54. The Labute approximate surface area is 75.3 Å². The Bertz CT molecular complexity index is 237. The van der Waals surface area contributed by atoms with Gasteiger partial charge < -0.3 is 0 Å². The van der Waals surface area contributed by atoms with E-state index >= 15 is 0 Å². The zero-order chi connectivity index (χ0) is 9.40. The highest BCUT2D eigenvalue weighted by Crippen LogP contribution is 2.10. The fraction of sp³-hybridized carbons (Fsp3) is 0.167. The fourth-order valence-electron chi connectivity index (χ4n) is 0.767. The van der Waals surface area contributed by atoms with Gasteiger partial charge in [0, 0.05) is 0 Å². The SMILES string of the molecule is C=CC(=C)C(/C=C\C)=C\C=C/C. The van der Waals surface area contributed by atoms with Crippen LogP contribution in [-0.2, 0) is 0 Å². The van der Waals surface area contributed by atoms with E-state index in [1.165, 1.54) is 0 Å². The number of hydrogen-bond acceptors (Lipinski definition) is 0. The summed E-state index contributed by atoms with van der Waals surface area (Å²) in [4.78, 5) is 0. The van der Waals surface area contributed by atoms with Crippen molar-refractivity contribution in [1.82, 2.24) is 0 Å². The van der Waals surface area contributed by atoms with Crippen LogP contribution < -0.4 is 0 Å². The monoisotopic (exact) mass is 160 g/mol. The Morgan fingerprint density at radius 3 is 2.25 bits per heavy atom. The average molecular weight is 160 g/mol. The van der Waals surface area contributed by atoms with Gasteiger partial charge in [-0.25, -0.2) is 0 Å². The molecule has 0 heterocycles. The van der Waals surface area contributed by atoms with Crippen LogP contribution in [0.25, 0.3) is 0 Å². The van der Waals surface area contributed by atoms with Crippen LogP contribution in [0.5, 0.6) is 0 Å². The van der Waals surface area contributed by atoms with Gasteiger partial charge in [0.15, 0.2) is 0 Å². The molecule has 0 aromatic heterocycles. The van der Waals surface area contributed by atoms with Crippen molar-refractivity contribution in [3.63, 3.8) is 0 Å². The van der Waals surface area contributed by atoms with E-state index in [2.05, 4.69) is 13.2 Å². The van der Waals surface area contributed by atoms with Gasteiger partial charge in [0.25, 0.3) is 0 Å². The molecule has 0 aromatic carbocycles. The van der Waals surface area contributed by atoms with Crippen LogP contribution >= 0.6 is 0 Å². The zero-order valence-corrected chi connectivity index (χ0v) is 7.88.